The zero-order valence-electron chi connectivity index (χ0n) is 16.3. The van der Waals surface area contributed by atoms with Gasteiger partial charge in [-0.3, -0.25) is 9.69 Å². The van der Waals surface area contributed by atoms with Crippen molar-refractivity contribution in [2.24, 2.45) is 0 Å². The van der Waals surface area contributed by atoms with Crippen LogP contribution >= 0.6 is 0 Å². The average molecular weight is 381 g/mol. The van der Waals surface area contributed by atoms with Gasteiger partial charge in [0.25, 0.3) is 0 Å². The third-order valence-electron chi connectivity index (χ3n) is 5.20. The molecule has 0 aliphatic carbocycles. The topological polar surface area (TPSA) is 54.0 Å². The minimum absolute atomic E-state index is 0.0446. The molecular weight excluding hydrogens is 354 g/mol. The largest absolute Gasteiger partial charge is 0.454 e. The summed E-state index contributed by atoms with van der Waals surface area (Å²) in [6.45, 7) is 3.52. The molecule has 4 rings (SSSR count). The van der Waals surface area contributed by atoms with Crippen molar-refractivity contribution < 1.29 is 14.3 Å². The maximum Gasteiger partial charge on any atom is 0.238 e. The van der Waals surface area contributed by atoms with Crippen LogP contribution in [0.15, 0.2) is 42.5 Å². The lowest BCUT2D eigenvalue weighted by molar-refractivity contribution is -0.117. The zero-order chi connectivity index (χ0) is 19.3. The molecular formula is C22H27N3O3. The molecule has 28 heavy (non-hydrogen) atoms. The van der Waals surface area contributed by atoms with Crippen LogP contribution in [0.25, 0.3) is 0 Å². The van der Waals surface area contributed by atoms with E-state index in [0.29, 0.717) is 18.0 Å². The highest BCUT2D eigenvalue weighted by atomic mass is 16.7. The van der Waals surface area contributed by atoms with Crippen molar-refractivity contribution in [2.45, 2.75) is 25.8 Å². The minimum Gasteiger partial charge on any atom is -0.454 e. The molecule has 0 radical (unpaired) electrons. The molecule has 1 fully saturated rings. The lowest BCUT2D eigenvalue weighted by Gasteiger charge is -2.31. The number of nitrogens with zero attached hydrogens (tertiary/aromatic N) is 2. The molecule has 1 N–H and O–H groups in total. The Hall–Kier alpha value is -2.73. The van der Waals surface area contributed by atoms with E-state index in [1.807, 2.05) is 24.1 Å². The molecule has 2 aliphatic rings. The Morgan fingerprint density at radius 2 is 1.86 bits per heavy atom. The predicted octanol–water partition coefficient (Wildman–Crippen LogP) is 3.48. The number of piperidine rings is 1. The molecule has 2 aliphatic heterocycles. The Morgan fingerprint density at radius 3 is 2.71 bits per heavy atom. The predicted molar refractivity (Wildman–Crippen MR) is 110 cm³/mol. The SMILES string of the molecule is CN(CC(=O)Nc1ccc2c(c1)OCO2)Cc1ccccc1N1CCCCC1. The number of anilines is 2. The van der Waals surface area contributed by atoms with Gasteiger partial charge < -0.3 is 19.7 Å². The van der Waals surface area contributed by atoms with Crippen LogP contribution in [0.2, 0.25) is 0 Å². The highest BCUT2D eigenvalue weighted by Crippen LogP contribution is 2.34. The fourth-order valence-electron chi connectivity index (χ4n) is 3.85. The summed E-state index contributed by atoms with van der Waals surface area (Å²) in [5.74, 6) is 1.34. The van der Waals surface area contributed by atoms with Gasteiger partial charge in [-0.25, -0.2) is 0 Å². The average Bonchev–Trinajstić information content (AvgIpc) is 3.16. The van der Waals surface area contributed by atoms with E-state index in [1.165, 1.54) is 30.5 Å². The fourth-order valence-corrected chi connectivity index (χ4v) is 3.85. The normalized spacial score (nSPS) is 15.7. The molecule has 0 saturated carbocycles. The maximum atomic E-state index is 12.5. The number of rotatable bonds is 6. The Labute approximate surface area is 166 Å². The number of para-hydroxylation sites is 1. The first-order valence-corrected chi connectivity index (χ1v) is 9.90. The Balaban J connectivity index is 1.35. The number of carbonyl (C=O) groups is 1. The van der Waals surface area contributed by atoms with Gasteiger partial charge in [0.05, 0.1) is 6.54 Å². The van der Waals surface area contributed by atoms with Gasteiger partial charge in [-0.1, -0.05) is 18.2 Å². The van der Waals surface area contributed by atoms with E-state index >= 15 is 0 Å². The highest BCUT2D eigenvalue weighted by molar-refractivity contribution is 5.92. The second kappa shape index (κ2) is 8.52. The molecule has 0 spiro atoms. The number of fused-ring (bicyclic) bond motifs is 1. The lowest BCUT2D eigenvalue weighted by Crippen LogP contribution is -2.32. The van der Waals surface area contributed by atoms with Crippen LogP contribution in [0.5, 0.6) is 11.5 Å². The molecule has 1 amide bonds. The molecule has 148 valence electrons. The quantitative estimate of drug-likeness (QED) is 0.830. The molecule has 1 saturated heterocycles. The number of hydrogen-bond donors (Lipinski definition) is 1. The van der Waals surface area contributed by atoms with E-state index in [2.05, 4.69) is 34.5 Å². The molecule has 6 nitrogen and oxygen atoms in total. The molecule has 0 bridgehead atoms. The van der Waals surface area contributed by atoms with Gasteiger partial charge in [-0.05, 0) is 50.1 Å². The van der Waals surface area contributed by atoms with Gasteiger partial charge in [0.15, 0.2) is 11.5 Å². The first-order chi connectivity index (χ1) is 13.7. The highest BCUT2D eigenvalue weighted by Gasteiger charge is 2.17. The molecule has 0 aromatic heterocycles. The van der Waals surface area contributed by atoms with Gasteiger partial charge in [0.1, 0.15) is 0 Å². The summed E-state index contributed by atoms with van der Waals surface area (Å²) in [5, 5.41) is 2.94. The molecule has 0 atom stereocenters. The van der Waals surface area contributed by atoms with Crippen LogP contribution in [0.4, 0.5) is 11.4 Å². The monoisotopic (exact) mass is 381 g/mol. The van der Waals surface area contributed by atoms with E-state index in [1.54, 1.807) is 6.07 Å². The number of benzene rings is 2. The first-order valence-electron chi connectivity index (χ1n) is 9.90. The molecule has 2 aromatic rings. The number of hydrogen-bond acceptors (Lipinski definition) is 5. The third kappa shape index (κ3) is 4.39. The maximum absolute atomic E-state index is 12.5. The van der Waals surface area contributed by atoms with Gasteiger partial charge in [-0.15, -0.1) is 0 Å². The smallest absolute Gasteiger partial charge is 0.238 e. The summed E-state index contributed by atoms with van der Waals surface area (Å²) in [5.41, 5.74) is 3.28. The van der Waals surface area contributed by atoms with E-state index in [9.17, 15) is 4.79 Å². The summed E-state index contributed by atoms with van der Waals surface area (Å²) in [6, 6.07) is 14.0. The van der Waals surface area contributed by atoms with E-state index in [-0.39, 0.29) is 12.7 Å². The van der Waals surface area contributed by atoms with Crippen LogP contribution in [0, 0.1) is 0 Å². The number of amides is 1. The lowest BCUT2D eigenvalue weighted by atomic mass is 10.1. The number of likely N-dealkylation sites (N-methyl/N-ethyl adjacent to an activating group) is 1. The van der Waals surface area contributed by atoms with Crippen molar-refractivity contribution in [1.82, 2.24) is 4.90 Å². The van der Waals surface area contributed by atoms with Crippen molar-refractivity contribution >= 4 is 17.3 Å². The summed E-state index contributed by atoms with van der Waals surface area (Å²) in [7, 11) is 1.98. The summed E-state index contributed by atoms with van der Waals surface area (Å²) in [6.07, 6.45) is 3.82. The van der Waals surface area contributed by atoms with Gasteiger partial charge in [0, 0.05) is 37.1 Å². The molecule has 2 aromatic carbocycles. The number of nitrogens with one attached hydrogen (secondary N) is 1. The first kappa shape index (κ1) is 18.6. The van der Waals surface area contributed by atoms with Crippen molar-refractivity contribution in [3.8, 4) is 11.5 Å². The molecule has 6 heteroatoms. The van der Waals surface area contributed by atoms with Crippen molar-refractivity contribution in [1.29, 1.82) is 0 Å². The van der Waals surface area contributed by atoms with Crippen molar-refractivity contribution in [2.75, 3.05) is 43.7 Å². The summed E-state index contributed by atoms with van der Waals surface area (Å²) < 4.78 is 10.7. The van der Waals surface area contributed by atoms with Crippen LogP contribution in [-0.2, 0) is 11.3 Å². The van der Waals surface area contributed by atoms with E-state index in [4.69, 9.17) is 9.47 Å². The third-order valence-corrected chi connectivity index (χ3v) is 5.20. The van der Waals surface area contributed by atoms with E-state index < -0.39 is 0 Å². The van der Waals surface area contributed by atoms with Crippen LogP contribution in [0.1, 0.15) is 24.8 Å². The van der Waals surface area contributed by atoms with Crippen LogP contribution in [-0.4, -0.2) is 44.3 Å². The fraction of sp³-hybridized carbons (Fsp3) is 0.409. The number of carbonyl (C=O) groups excluding carboxylic acids is 1. The minimum atomic E-state index is -0.0446. The zero-order valence-corrected chi connectivity index (χ0v) is 16.3. The molecule has 0 unspecified atom stereocenters. The summed E-state index contributed by atoms with van der Waals surface area (Å²) in [4.78, 5) is 17.0. The Kier molecular flexibility index (Phi) is 5.67. The molecule has 2 heterocycles. The standard InChI is InChI=1S/C22H27N3O3/c1-24(14-17-7-3-4-8-19(17)25-11-5-2-6-12-25)15-22(26)23-18-9-10-20-21(13-18)28-16-27-20/h3-4,7-10,13H,2,5-6,11-12,14-16H2,1H3,(H,23,26). The second-order valence-electron chi connectivity index (χ2n) is 7.46. The van der Waals surface area contributed by atoms with Crippen LogP contribution < -0.4 is 19.7 Å². The Morgan fingerprint density at radius 1 is 1.07 bits per heavy atom. The van der Waals surface area contributed by atoms with Gasteiger partial charge in [0.2, 0.25) is 12.7 Å². The van der Waals surface area contributed by atoms with Crippen LogP contribution in [0.3, 0.4) is 0 Å². The Bertz CT molecular complexity index is 834. The van der Waals surface area contributed by atoms with Gasteiger partial charge in [-0.2, -0.15) is 0 Å². The van der Waals surface area contributed by atoms with Crippen molar-refractivity contribution in [3.05, 3.63) is 48.0 Å². The van der Waals surface area contributed by atoms with Gasteiger partial charge >= 0.3 is 0 Å². The number of ether oxygens (including phenoxy) is 2. The summed E-state index contributed by atoms with van der Waals surface area (Å²) >= 11 is 0. The van der Waals surface area contributed by atoms with Crippen molar-refractivity contribution in [3.63, 3.8) is 0 Å². The second-order valence-corrected chi connectivity index (χ2v) is 7.46. The van der Waals surface area contributed by atoms with E-state index in [0.717, 1.165) is 25.3 Å².